The molecule has 0 unspecified atom stereocenters. The number of carbonyl (C=O) groups excluding carboxylic acids is 1. The number of rotatable bonds is 7. The number of carbonyl (C=O) groups is 1. The van der Waals surface area contributed by atoms with Crippen LogP contribution in [0.15, 0.2) is 24.3 Å². The first kappa shape index (κ1) is 26.5. The standard InChI is InChI=1S/C21H29F4N3O5S/c1-34(30,31)26-17-6-4-10-28(20(29)33-14-21(23,24)25)19(17)13-32-15-8-11-27(12-9-15)18-7-3-2-5-16(18)22/h2-3,5,7,15,17,19,26H,4,6,8-14H2,1H3/t17-,19-/m0/s1. The zero-order valence-electron chi connectivity index (χ0n) is 18.8. The number of alkyl halides is 3. The Morgan fingerprint density at radius 3 is 2.44 bits per heavy atom. The number of piperidine rings is 2. The highest BCUT2D eigenvalue weighted by Crippen LogP contribution is 2.26. The van der Waals surface area contributed by atoms with Gasteiger partial charge < -0.3 is 19.3 Å². The topological polar surface area (TPSA) is 88.2 Å². The second-order valence-electron chi connectivity index (χ2n) is 8.54. The van der Waals surface area contributed by atoms with E-state index in [1.165, 1.54) is 6.07 Å². The number of sulfonamides is 1. The number of nitrogens with one attached hydrogen (secondary N) is 1. The van der Waals surface area contributed by atoms with Crippen LogP contribution in [-0.4, -0.2) is 82.9 Å². The third kappa shape index (κ3) is 7.70. The van der Waals surface area contributed by atoms with Crippen molar-refractivity contribution in [2.75, 3.05) is 44.0 Å². The molecular formula is C21H29F4N3O5S. The summed E-state index contributed by atoms with van der Waals surface area (Å²) in [4.78, 5) is 15.4. The number of para-hydroxylation sites is 1. The molecule has 2 heterocycles. The van der Waals surface area contributed by atoms with Crippen LogP contribution in [0.3, 0.4) is 0 Å². The first-order chi connectivity index (χ1) is 15.9. The molecule has 0 bridgehead atoms. The van der Waals surface area contributed by atoms with E-state index in [2.05, 4.69) is 9.46 Å². The molecule has 2 fully saturated rings. The lowest BCUT2D eigenvalue weighted by Gasteiger charge is -2.41. The van der Waals surface area contributed by atoms with Gasteiger partial charge in [-0.25, -0.2) is 22.3 Å². The maximum Gasteiger partial charge on any atom is 0.422 e. The fourth-order valence-corrected chi connectivity index (χ4v) is 5.16. The molecule has 1 amide bonds. The molecule has 2 atom stereocenters. The Bertz CT molecular complexity index is 939. The number of anilines is 1. The van der Waals surface area contributed by atoms with E-state index < -0.39 is 41.0 Å². The first-order valence-electron chi connectivity index (χ1n) is 11.0. The van der Waals surface area contributed by atoms with Crippen molar-refractivity contribution in [3.8, 4) is 0 Å². The van der Waals surface area contributed by atoms with Crippen LogP contribution in [0.4, 0.5) is 28.0 Å². The lowest BCUT2D eigenvalue weighted by atomic mass is 9.97. The van der Waals surface area contributed by atoms with E-state index in [-0.39, 0.29) is 25.1 Å². The van der Waals surface area contributed by atoms with Crippen molar-refractivity contribution in [2.24, 2.45) is 0 Å². The third-order valence-electron chi connectivity index (χ3n) is 5.88. The van der Waals surface area contributed by atoms with E-state index in [0.717, 1.165) is 11.2 Å². The van der Waals surface area contributed by atoms with Crippen LogP contribution in [0.1, 0.15) is 25.7 Å². The molecule has 2 aliphatic heterocycles. The Kier molecular flexibility index (Phi) is 8.63. The lowest BCUT2D eigenvalue weighted by Crippen LogP contribution is -2.59. The molecule has 2 saturated heterocycles. The van der Waals surface area contributed by atoms with Gasteiger partial charge in [0.25, 0.3) is 0 Å². The molecule has 192 valence electrons. The highest BCUT2D eigenvalue weighted by molar-refractivity contribution is 7.88. The van der Waals surface area contributed by atoms with E-state index in [1.54, 1.807) is 18.2 Å². The van der Waals surface area contributed by atoms with Crippen LogP contribution in [0, 0.1) is 5.82 Å². The molecule has 1 aromatic rings. The molecule has 2 aliphatic rings. The first-order valence-corrected chi connectivity index (χ1v) is 12.9. The molecule has 0 saturated carbocycles. The summed E-state index contributed by atoms with van der Waals surface area (Å²) in [5.74, 6) is -0.313. The van der Waals surface area contributed by atoms with Crippen LogP contribution >= 0.6 is 0 Å². The number of likely N-dealkylation sites (tertiary alicyclic amines) is 1. The highest BCUT2D eigenvalue weighted by atomic mass is 32.2. The summed E-state index contributed by atoms with van der Waals surface area (Å²) >= 11 is 0. The van der Waals surface area contributed by atoms with Gasteiger partial charge >= 0.3 is 12.3 Å². The van der Waals surface area contributed by atoms with Crippen molar-refractivity contribution in [3.05, 3.63) is 30.1 Å². The normalized spacial score (nSPS) is 22.6. The molecule has 0 spiro atoms. The Balaban J connectivity index is 1.62. The Labute approximate surface area is 196 Å². The van der Waals surface area contributed by atoms with Gasteiger partial charge in [0.05, 0.1) is 30.7 Å². The number of nitrogens with zero attached hydrogens (tertiary/aromatic N) is 2. The maximum absolute atomic E-state index is 14.0. The molecule has 1 aromatic carbocycles. The van der Waals surface area contributed by atoms with Gasteiger partial charge in [0.15, 0.2) is 6.61 Å². The average Bonchev–Trinajstić information content (AvgIpc) is 2.76. The Hall–Kier alpha value is -2.12. The summed E-state index contributed by atoms with van der Waals surface area (Å²) in [6.45, 7) is -0.594. The smallest absolute Gasteiger partial charge is 0.422 e. The number of halogens is 4. The zero-order valence-corrected chi connectivity index (χ0v) is 19.6. The summed E-state index contributed by atoms with van der Waals surface area (Å²) in [5.41, 5.74) is 0.504. The summed E-state index contributed by atoms with van der Waals surface area (Å²) in [6, 6.07) is 4.92. The molecule has 8 nitrogen and oxygen atoms in total. The monoisotopic (exact) mass is 511 g/mol. The fourth-order valence-electron chi connectivity index (χ4n) is 4.33. The molecule has 1 N–H and O–H groups in total. The van der Waals surface area contributed by atoms with Crippen LogP contribution < -0.4 is 9.62 Å². The molecule has 34 heavy (non-hydrogen) atoms. The fraction of sp³-hybridized carbons (Fsp3) is 0.667. The summed E-state index contributed by atoms with van der Waals surface area (Å²) in [5, 5.41) is 0. The van der Waals surface area contributed by atoms with E-state index in [4.69, 9.17) is 4.74 Å². The number of amides is 1. The van der Waals surface area contributed by atoms with E-state index >= 15 is 0 Å². The minimum absolute atomic E-state index is 0.0708. The highest BCUT2D eigenvalue weighted by Gasteiger charge is 2.39. The van der Waals surface area contributed by atoms with Crippen molar-refractivity contribution < 1.29 is 40.2 Å². The molecule has 0 aliphatic carbocycles. The Morgan fingerprint density at radius 2 is 1.82 bits per heavy atom. The third-order valence-corrected chi connectivity index (χ3v) is 6.61. The van der Waals surface area contributed by atoms with Crippen molar-refractivity contribution in [1.82, 2.24) is 9.62 Å². The van der Waals surface area contributed by atoms with Crippen LogP contribution in [0.5, 0.6) is 0 Å². The van der Waals surface area contributed by atoms with E-state index in [0.29, 0.717) is 44.5 Å². The average molecular weight is 512 g/mol. The molecule has 3 rings (SSSR count). The Morgan fingerprint density at radius 1 is 1.15 bits per heavy atom. The summed E-state index contributed by atoms with van der Waals surface area (Å²) in [7, 11) is -3.63. The molecular weight excluding hydrogens is 482 g/mol. The van der Waals surface area contributed by atoms with Gasteiger partial charge in [0.2, 0.25) is 10.0 Å². The number of hydrogen-bond acceptors (Lipinski definition) is 6. The second kappa shape index (κ2) is 11.1. The molecule has 0 aromatic heterocycles. The second-order valence-corrected chi connectivity index (χ2v) is 10.3. The van der Waals surface area contributed by atoms with Crippen molar-refractivity contribution in [2.45, 2.75) is 50.0 Å². The van der Waals surface area contributed by atoms with Crippen molar-refractivity contribution in [3.63, 3.8) is 0 Å². The maximum atomic E-state index is 14.0. The van der Waals surface area contributed by atoms with Crippen LogP contribution in [0.2, 0.25) is 0 Å². The lowest BCUT2D eigenvalue weighted by molar-refractivity contribution is -0.163. The van der Waals surface area contributed by atoms with Crippen LogP contribution in [0.25, 0.3) is 0 Å². The van der Waals surface area contributed by atoms with Gasteiger partial charge in [-0.05, 0) is 37.8 Å². The van der Waals surface area contributed by atoms with Gasteiger partial charge in [-0.2, -0.15) is 13.2 Å². The largest absolute Gasteiger partial charge is 0.440 e. The minimum Gasteiger partial charge on any atom is -0.440 e. The van der Waals surface area contributed by atoms with Crippen molar-refractivity contribution >= 4 is 21.8 Å². The quantitative estimate of drug-likeness (QED) is 0.567. The number of ether oxygens (including phenoxy) is 2. The summed E-state index contributed by atoms with van der Waals surface area (Å²) in [6.07, 6.45) is -3.15. The van der Waals surface area contributed by atoms with Crippen molar-refractivity contribution in [1.29, 1.82) is 0 Å². The summed E-state index contributed by atoms with van der Waals surface area (Å²) < 4.78 is 88.0. The van der Waals surface area contributed by atoms with Gasteiger partial charge in [-0.3, -0.25) is 0 Å². The predicted octanol–water partition coefficient (Wildman–Crippen LogP) is 2.89. The zero-order chi connectivity index (χ0) is 24.9. The van der Waals surface area contributed by atoms with Crippen LogP contribution in [-0.2, 0) is 19.5 Å². The SMILES string of the molecule is CS(=O)(=O)N[C@H]1CCCN(C(=O)OCC(F)(F)F)[C@H]1COC1CCN(c2ccccc2F)CC1. The molecule has 13 heteroatoms. The van der Waals surface area contributed by atoms with Gasteiger partial charge in [-0.15, -0.1) is 0 Å². The molecule has 0 radical (unpaired) electrons. The van der Waals surface area contributed by atoms with Gasteiger partial charge in [-0.1, -0.05) is 12.1 Å². The van der Waals surface area contributed by atoms with E-state index in [9.17, 15) is 30.8 Å². The van der Waals surface area contributed by atoms with E-state index in [1.807, 2.05) is 4.90 Å². The van der Waals surface area contributed by atoms with Gasteiger partial charge in [0.1, 0.15) is 5.82 Å². The number of benzene rings is 1. The number of hydrogen-bond donors (Lipinski definition) is 1. The van der Waals surface area contributed by atoms with Gasteiger partial charge in [0, 0.05) is 25.7 Å². The predicted molar refractivity (Wildman–Crippen MR) is 116 cm³/mol. The minimum atomic E-state index is -4.67.